The summed E-state index contributed by atoms with van der Waals surface area (Å²) < 4.78 is 7.19. The van der Waals surface area contributed by atoms with Crippen molar-refractivity contribution in [1.82, 2.24) is 14.8 Å². The largest absolute Gasteiger partial charge is 0.484 e. The second kappa shape index (κ2) is 6.80. The molecule has 0 spiro atoms. The molecule has 0 atom stereocenters. The van der Waals surface area contributed by atoms with Crippen LogP contribution >= 0.6 is 22.9 Å². The van der Waals surface area contributed by atoms with Gasteiger partial charge in [0.05, 0.1) is 6.21 Å². The van der Waals surface area contributed by atoms with Crippen LogP contribution in [-0.4, -0.2) is 28.1 Å². The predicted molar refractivity (Wildman–Crippen MR) is 90.5 cm³/mol. The van der Waals surface area contributed by atoms with E-state index in [9.17, 15) is 4.79 Å². The minimum atomic E-state index is -0.357. The Morgan fingerprint density at radius 1 is 1.57 bits per heavy atom. The Bertz CT molecular complexity index is 871. The molecule has 8 heteroatoms. The van der Waals surface area contributed by atoms with Crippen LogP contribution < -0.4 is 10.2 Å². The predicted octanol–water partition coefficient (Wildman–Crippen LogP) is 2.89. The van der Waals surface area contributed by atoms with Crippen molar-refractivity contribution in [3.63, 3.8) is 0 Å². The molecule has 0 aliphatic carbocycles. The number of aromatic nitrogens is 2. The summed E-state index contributed by atoms with van der Waals surface area (Å²) in [6.07, 6.45) is 3.29. The van der Waals surface area contributed by atoms with Crippen molar-refractivity contribution >= 4 is 40.0 Å². The van der Waals surface area contributed by atoms with Gasteiger partial charge in [0.25, 0.3) is 5.91 Å². The van der Waals surface area contributed by atoms with E-state index in [-0.39, 0.29) is 12.5 Å². The maximum atomic E-state index is 11.7. The number of ether oxygens (including phenoxy) is 1. The topological polar surface area (TPSA) is 68.0 Å². The number of rotatable bonds is 5. The van der Waals surface area contributed by atoms with E-state index in [1.165, 1.54) is 17.6 Å². The Hall–Kier alpha value is -2.38. The first-order valence-electron chi connectivity index (χ1n) is 6.76. The van der Waals surface area contributed by atoms with Crippen LogP contribution in [0.3, 0.4) is 0 Å². The molecule has 1 N–H and O–H groups in total. The number of carbonyl (C=O) groups is 1. The number of aryl methyl sites for hydroxylation is 1. The van der Waals surface area contributed by atoms with Gasteiger partial charge in [0, 0.05) is 11.6 Å². The van der Waals surface area contributed by atoms with Gasteiger partial charge in [0.1, 0.15) is 11.4 Å². The number of nitrogens with one attached hydrogen (secondary N) is 1. The van der Waals surface area contributed by atoms with Gasteiger partial charge in [0.2, 0.25) is 0 Å². The zero-order chi connectivity index (χ0) is 16.2. The molecular formula is C15H13ClN4O2S. The number of halogens is 1. The van der Waals surface area contributed by atoms with Crippen LogP contribution in [0.4, 0.5) is 0 Å². The lowest BCUT2D eigenvalue weighted by Crippen LogP contribution is -2.24. The molecule has 0 aliphatic heterocycles. The maximum Gasteiger partial charge on any atom is 0.277 e. The molecule has 118 valence electrons. The normalized spacial score (nSPS) is 11.2. The highest BCUT2D eigenvalue weighted by atomic mass is 35.5. The van der Waals surface area contributed by atoms with Gasteiger partial charge in [-0.1, -0.05) is 23.7 Å². The molecule has 2 heterocycles. The summed E-state index contributed by atoms with van der Waals surface area (Å²) in [7, 11) is 0. The zero-order valence-electron chi connectivity index (χ0n) is 12.2. The highest BCUT2D eigenvalue weighted by Gasteiger charge is 2.09. The van der Waals surface area contributed by atoms with E-state index < -0.39 is 0 Å². The Morgan fingerprint density at radius 3 is 3.26 bits per heavy atom. The van der Waals surface area contributed by atoms with Crippen LogP contribution in [0.1, 0.15) is 11.3 Å². The highest BCUT2D eigenvalue weighted by Crippen LogP contribution is 2.19. The first kappa shape index (κ1) is 15.5. The van der Waals surface area contributed by atoms with Gasteiger partial charge in [-0.25, -0.2) is 10.4 Å². The van der Waals surface area contributed by atoms with Crippen molar-refractivity contribution in [2.45, 2.75) is 6.92 Å². The standard InChI is InChI=1S/C15H13ClN4O2S/c1-10-3-2-4-11(7-10)22-9-13(21)19-17-8-12-14(16)18-15-20(12)5-6-23-15/h2-8H,9H2,1H3,(H,19,21)/b17-8+. The molecule has 3 rings (SSSR count). The number of fused-ring (bicyclic) bond motifs is 1. The van der Waals surface area contributed by atoms with Crippen molar-refractivity contribution in [2.75, 3.05) is 6.61 Å². The SMILES string of the molecule is Cc1cccc(OCC(=O)N/N=C/c2c(Cl)nc3sccn23)c1. The first-order chi connectivity index (χ1) is 11.1. The number of hydrogen-bond donors (Lipinski definition) is 1. The van der Waals surface area contributed by atoms with E-state index in [2.05, 4.69) is 15.5 Å². The molecule has 0 aliphatic rings. The molecule has 0 saturated carbocycles. The number of nitrogens with zero attached hydrogens (tertiary/aromatic N) is 3. The number of amides is 1. The molecule has 2 aromatic heterocycles. The third-order valence-corrected chi connectivity index (χ3v) is 4.02. The van der Waals surface area contributed by atoms with Crippen LogP contribution in [0, 0.1) is 6.92 Å². The molecule has 0 unspecified atom stereocenters. The lowest BCUT2D eigenvalue weighted by atomic mass is 10.2. The fourth-order valence-corrected chi connectivity index (χ4v) is 2.94. The van der Waals surface area contributed by atoms with Crippen molar-refractivity contribution in [3.05, 3.63) is 52.3 Å². The fraction of sp³-hybridized carbons (Fsp3) is 0.133. The minimum Gasteiger partial charge on any atom is -0.484 e. The third kappa shape index (κ3) is 3.69. The van der Waals surface area contributed by atoms with Gasteiger partial charge in [0.15, 0.2) is 16.7 Å². The number of hydrazone groups is 1. The van der Waals surface area contributed by atoms with Gasteiger partial charge >= 0.3 is 0 Å². The fourth-order valence-electron chi connectivity index (χ4n) is 1.94. The second-order valence-corrected chi connectivity index (χ2v) is 5.97. The average molecular weight is 349 g/mol. The lowest BCUT2D eigenvalue weighted by molar-refractivity contribution is -0.123. The van der Waals surface area contributed by atoms with Gasteiger partial charge in [-0.05, 0) is 24.6 Å². The monoisotopic (exact) mass is 348 g/mol. The molecule has 1 aromatic carbocycles. The number of imidazole rings is 1. The lowest BCUT2D eigenvalue weighted by Gasteiger charge is -2.05. The van der Waals surface area contributed by atoms with E-state index in [0.29, 0.717) is 16.6 Å². The molecule has 1 amide bonds. The first-order valence-corrected chi connectivity index (χ1v) is 8.01. The van der Waals surface area contributed by atoms with Crippen LogP contribution in [0.25, 0.3) is 4.96 Å². The molecular weight excluding hydrogens is 336 g/mol. The minimum absolute atomic E-state index is 0.116. The van der Waals surface area contributed by atoms with Gasteiger partial charge in [-0.2, -0.15) is 5.10 Å². The van der Waals surface area contributed by atoms with E-state index in [1.807, 2.05) is 36.7 Å². The third-order valence-electron chi connectivity index (χ3n) is 2.99. The van der Waals surface area contributed by atoms with Crippen molar-refractivity contribution < 1.29 is 9.53 Å². The molecule has 23 heavy (non-hydrogen) atoms. The Labute approximate surface area is 141 Å². The highest BCUT2D eigenvalue weighted by molar-refractivity contribution is 7.15. The van der Waals surface area contributed by atoms with Gasteiger partial charge in [-0.15, -0.1) is 11.3 Å². The van der Waals surface area contributed by atoms with Crippen LogP contribution in [0.2, 0.25) is 5.15 Å². The summed E-state index contributed by atoms with van der Waals surface area (Å²) in [6.45, 7) is 1.84. The quantitative estimate of drug-likeness (QED) is 0.569. The van der Waals surface area contributed by atoms with E-state index in [0.717, 1.165) is 10.5 Å². The van der Waals surface area contributed by atoms with E-state index >= 15 is 0 Å². The summed E-state index contributed by atoms with van der Waals surface area (Å²) in [6, 6.07) is 7.48. The maximum absolute atomic E-state index is 11.7. The molecule has 0 bridgehead atoms. The smallest absolute Gasteiger partial charge is 0.277 e. The Morgan fingerprint density at radius 2 is 2.43 bits per heavy atom. The average Bonchev–Trinajstić information content (AvgIpc) is 3.07. The molecule has 6 nitrogen and oxygen atoms in total. The summed E-state index contributed by atoms with van der Waals surface area (Å²) in [5.41, 5.74) is 4.08. The zero-order valence-corrected chi connectivity index (χ0v) is 13.8. The number of thiazole rings is 1. The Balaban J connectivity index is 1.56. The summed E-state index contributed by atoms with van der Waals surface area (Å²) in [5, 5.41) is 6.12. The summed E-state index contributed by atoms with van der Waals surface area (Å²) in [4.78, 5) is 16.7. The van der Waals surface area contributed by atoms with Crippen molar-refractivity contribution in [3.8, 4) is 5.75 Å². The Kier molecular flexibility index (Phi) is 4.59. The van der Waals surface area contributed by atoms with Crippen LogP contribution in [0.15, 0.2) is 40.9 Å². The molecule has 0 fully saturated rings. The van der Waals surface area contributed by atoms with Crippen LogP contribution in [0.5, 0.6) is 5.75 Å². The number of benzene rings is 1. The summed E-state index contributed by atoms with van der Waals surface area (Å²) >= 11 is 7.49. The summed E-state index contributed by atoms with van der Waals surface area (Å²) in [5.74, 6) is 0.285. The number of hydrogen-bond acceptors (Lipinski definition) is 5. The van der Waals surface area contributed by atoms with Crippen molar-refractivity contribution in [1.29, 1.82) is 0 Å². The molecule has 3 aromatic rings. The van der Waals surface area contributed by atoms with Gasteiger partial charge in [-0.3, -0.25) is 9.20 Å². The number of carbonyl (C=O) groups excluding carboxylic acids is 1. The van der Waals surface area contributed by atoms with Crippen molar-refractivity contribution in [2.24, 2.45) is 5.10 Å². The van der Waals surface area contributed by atoms with E-state index in [4.69, 9.17) is 16.3 Å². The van der Waals surface area contributed by atoms with Crippen LogP contribution in [-0.2, 0) is 4.79 Å². The van der Waals surface area contributed by atoms with E-state index in [1.54, 1.807) is 10.5 Å². The second-order valence-electron chi connectivity index (χ2n) is 4.74. The molecule has 0 radical (unpaired) electrons. The molecule has 0 saturated heterocycles. The van der Waals surface area contributed by atoms with Gasteiger partial charge < -0.3 is 4.74 Å².